The van der Waals surface area contributed by atoms with Gasteiger partial charge in [0.25, 0.3) is 0 Å². The summed E-state index contributed by atoms with van der Waals surface area (Å²) in [6.07, 6.45) is 6.50. The van der Waals surface area contributed by atoms with E-state index in [0.717, 1.165) is 11.6 Å². The Morgan fingerprint density at radius 1 is 1.29 bits per heavy atom. The summed E-state index contributed by atoms with van der Waals surface area (Å²) in [7, 11) is 1.34. The lowest BCUT2D eigenvalue weighted by atomic mass is 10.1. The van der Waals surface area contributed by atoms with Gasteiger partial charge in [-0.15, -0.1) is 0 Å². The van der Waals surface area contributed by atoms with Gasteiger partial charge in [0.1, 0.15) is 6.04 Å². The lowest BCUT2D eigenvalue weighted by Gasteiger charge is -2.08. The van der Waals surface area contributed by atoms with Crippen LogP contribution in [0.15, 0.2) is 54.6 Å². The summed E-state index contributed by atoms with van der Waals surface area (Å²) in [6, 6.07) is 9.06. The molecule has 0 heterocycles. The number of allylic oxidation sites excluding steroid dienone is 3. The van der Waals surface area contributed by atoms with Crippen LogP contribution in [-0.4, -0.2) is 30.2 Å². The zero-order valence-corrected chi connectivity index (χ0v) is 12.2. The fraction of sp³-hybridized carbons (Fsp3) is 0.250. The van der Waals surface area contributed by atoms with Gasteiger partial charge in [0, 0.05) is 6.08 Å². The molecule has 0 saturated carbocycles. The molecule has 5 heteroatoms. The van der Waals surface area contributed by atoms with Crippen molar-refractivity contribution < 1.29 is 19.4 Å². The van der Waals surface area contributed by atoms with E-state index in [4.69, 9.17) is 10.8 Å². The molecular formula is C16H21NO4. The molecule has 0 amide bonds. The molecular weight excluding hydrogens is 270 g/mol. The number of rotatable bonds is 5. The van der Waals surface area contributed by atoms with Crippen LogP contribution in [0.3, 0.4) is 0 Å². The molecule has 0 aromatic heterocycles. The highest BCUT2D eigenvalue weighted by molar-refractivity contribution is 5.80. The van der Waals surface area contributed by atoms with Crippen molar-refractivity contribution in [2.45, 2.75) is 19.4 Å². The Hall–Kier alpha value is -2.40. The number of benzene rings is 1. The number of nitrogens with two attached hydrogens (primary N) is 1. The standard InChI is InChI=1S/C10H13NO2.C6H8O2/c1-13-10(12)9(11)7-8-5-3-2-4-6-8;1-2-3-4-5-6(7)8/h2-6,9H,7,11H2,1H3;2-5H,1H3,(H,7,8)/b;3-2+,5-4+. The average Bonchev–Trinajstić information content (AvgIpc) is 2.48. The summed E-state index contributed by atoms with van der Waals surface area (Å²) in [5.41, 5.74) is 6.63. The summed E-state index contributed by atoms with van der Waals surface area (Å²) >= 11 is 0. The van der Waals surface area contributed by atoms with E-state index in [0.29, 0.717) is 6.42 Å². The number of carboxylic acid groups (broad SMARTS) is 1. The third-order valence-electron chi connectivity index (χ3n) is 2.34. The maximum Gasteiger partial charge on any atom is 0.328 e. The van der Waals surface area contributed by atoms with Gasteiger partial charge < -0.3 is 15.6 Å². The van der Waals surface area contributed by atoms with Crippen molar-refractivity contribution in [2.24, 2.45) is 5.73 Å². The quantitative estimate of drug-likeness (QED) is 0.491. The SMILES string of the molecule is C/C=C/C=C/C(=O)O.COC(=O)C(N)Cc1ccccc1. The highest BCUT2D eigenvalue weighted by Gasteiger charge is 2.13. The van der Waals surface area contributed by atoms with Gasteiger partial charge in [0.2, 0.25) is 0 Å². The number of aliphatic carboxylic acids is 1. The third-order valence-corrected chi connectivity index (χ3v) is 2.34. The molecule has 1 aromatic carbocycles. The Kier molecular flexibility index (Phi) is 10.1. The molecule has 0 fully saturated rings. The van der Waals surface area contributed by atoms with Crippen LogP contribution in [0.25, 0.3) is 0 Å². The summed E-state index contributed by atoms with van der Waals surface area (Å²) in [5.74, 6) is -1.29. The highest BCUT2D eigenvalue weighted by Crippen LogP contribution is 2.02. The molecule has 1 unspecified atom stereocenters. The molecule has 21 heavy (non-hydrogen) atoms. The Morgan fingerprint density at radius 3 is 2.38 bits per heavy atom. The molecule has 0 aliphatic heterocycles. The number of carboxylic acids is 1. The van der Waals surface area contributed by atoms with Gasteiger partial charge in [0.05, 0.1) is 7.11 Å². The molecule has 1 atom stereocenters. The van der Waals surface area contributed by atoms with Crippen LogP contribution in [0.2, 0.25) is 0 Å². The van der Waals surface area contributed by atoms with E-state index in [1.54, 1.807) is 12.2 Å². The van der Waals surface area contributed by atoms with Crippen LogP contribution < -0.4 is 5.73 Å². The second-order valence-corrected chi connectivity index (χ2v) is 4.04. The number of carbonyl (C=O) groups is 2. The maximum atomic E-state index is 11.0. The van der Waals surface area contributed by atoms with Gasteiger partial charge in [-0.05, 0) is 18.9 Å². The Balaban J connectivity index is 0.000000433. The number of carbonyl (C=O) groups excluding carboxylic acids is 1. The number of hydrogen-bond acceptors (Lipinski definition) is 4. The monoisotopic (exact) mass is 291 g/mol. The highest BCUT2D eigenvalue weighted by atomic mass is 16.5. The van der Waals surface area contributed by atoms with Gasteiger partial charge in [-0.3, -0.25) is 4.79 Å². The second kappa shape index (κ2) is 11.4. The Labute approximate surface area is 124 Å². The van der Waals surface area contributed by atoms with Crippen molar-refractivity contribution in [1.29, 1.82) is 0 Å². The van der Waals surface area contributed by atoms with E-state index < -0.39 is 12.0 Å². The van der Waals surface area contributed by atoms with Crippen molar-refractivity contribution in [1.82, 2.24) is 0 Å². The Bertz CT molecular complexity index is 480. The minimum absolute atomic E-state index is 0.371. The number of ether oxygens (including phenoxy) is 1. The van der Waals surface area contributed by atoms with Crippen LogP contribution in [-0.2, 0) is 20.7 Å². The largest absolute Gasteiger partial charge is 0.478 e. The van der Waals surface area contributed by atoms with E-state index in [1.165, 1.54) is 13.2 Å². The smallest absolute Gasteiger partial charge is 0.328 e. The first-order valence-electron chi connectivity index (χ1n) is 6.40. The van der Waals surface area contributed by atoms with E-state index >= 15 is 0 Å². The van der Waals surface area contributed by atoms with E-state index in [1.807, 2.05) is 37.3 Å². The second-order valence-electron chi connectivity index (χ2n) is 4.04. The first kappa shape index (κ1) is 18.6. The van der Waals surface area contributed by atoms with Crippen molar-refractivity contribution in [3.05, 3.63) is 60.2 Å². The van der Waals surface area contributed by atoms with Gasteiger partial charge in [-0.1, -0.05) is 48.6 Å². The molecule has 3 N–H and O–H groups in total. The van der Waals surface area contributed by atoms with Crippen molar-refractivity contribution in [3.8, 4) is 0 Å². The summed E-state index contributed by atoms with van der Waals surface area (Å²) in [5, 5.41) is 8.02. The van der Waals surface area contributed by atoms with Crippen LogP contribution in [0.5, 0.6) is 0 Å². The molecule has 0 spiro atoms. The molecule has 0 bridgehead atoms. The molecule has 0 radical (unpaired) electrons. The van der Waals surface area contributed by atoms with Crippen LogP contribution in [0, 0.1) is 0 Å². The van der Waals surface area contributed by atoms with Gasteiger partial charge in [0.15, 0.2) is 0 Å². The van der Waals surface area contributed by atoms with E-state index in [9.17, 15) is 9.59 Å². The Morgan fingerprint density at radius 2 is 1.90 bits per heavy atom. The predicted octanol–water partition coefficient (Wildman–Crippen LogP) is 1.93. The first-order valence-corrected chi connectivity index (χ1v) is 6.40. The summed E-state index contributed by atoms with van der Waals surface area (Å²) in [4.78, 5) is 20.7. The van der Waals surface area contributed by atoms with Gasteiger partial charge >= 0.3 is 11.9 Å². The first-order chi connectivity index (χ1) is 10.0. The minimum Gasteiger partial charge on any atom is -0.478 e. The third kappa shape index (κ3) is 10.1. The lowest BCUT2D eigenvalue weighted by Crippen LogP contribution is -2.33. The number of methoxy groups -OCH3 is 1. The topological polar surface area (TPSA) is 89.6 Å². The van der Waals surface area contributed by atoms with E-state index in [-0.39, 0.29) is 5.97 Å². The minimum atomic E-state index is -0.914. The molecule has 114 valence electrons. The van der Waals surface area contributed by atoms with Crippen molar-refractivity contribution in [3.63, 3.8) is 0 Å². The molecule has 0 aliphatic carbocycles. The number of hydrogen-bond donors (Lipinski definition) is 2. The van der Waals surface area contributed by atoms with Gasteiger partial charge in [-0.2, -0.15) is 0 Å². The molecule has 5 nitrogen and oxygen atoms in total. The summed E-state index contributed by atoms with van der Waals surface area (Å²) in [6.45, 7) is 1.83. The zero-order chi connectivity index (χ0) is 16.1. The summed E-state index contributed by atoms with van der Waals surface area (Å²) < 4.78 is 4.52. The normalized spacial score (nSPS) is 11.8. The lowest BCUT2D eigenvalue weighted by molar-refractivity contribution is -0.142. The zero-order valence-electron chi connectivity index (χ0n) is 12.2. The van der Waals surface area contributed by atoms with Crippen LogP contribution in [0.1, 0.15) is 12.5 Å². The predicted molar refractivity (Wildman–Crippen MR) is 81.7 cm³/mol. The van der Waals surface area contributed by atoms with E-state index in [2.05, 4.69) is 4.74 Å². The molecule has 0 saturated heterocycles. The molecule has 1 rings (SSSR count). The molecule has 0 aliphatic rings. The van der Waals surface area contributed by atoms with Crippen LogP contribution in [0.4, 0.5) is 0 Å². The van der Waals surface area contributed by atoms with Gasteiger partial charge in [-0.25, -0.2) is 4.79 Å². The number of esters is 1. The van der Waals surface area contributed by atoms with Crippen molar-refractivity contribution in [2.75, 3.05) is 7.11 Å². The average molecular weight is 291 g/mol. The molecule has 1 aromatic rings. The fourth-order valence-electron chi connectivity index (χ4n) is 1.35. The maximum absolute atomic E-state index is 11.0. The van der Waals surface area contributed by atoms with Crippen LogP contribution >= 0.6 is 0 Å². The van der Waals surface area contributed by atoms with Crippen molar-refractivity contribution >= 4 is 11.9 Å². The fourth-order valence-corrected chi connectivity index (χ4v) is 1.35.